The smallest absolute Gasteiger partial charge is 0.218 e. The number of aromatic nitrogens is 4. The average Bonchev–Trinajstić information content (AvgIpc) is 3.08. The minimum atomic E-state index is -0.396. The van der Waals surface area contributed by atoms with E-state index in [4.69, 9.17) is 14.5 Å². The van der Waals surface area contributed by atoms with Gasteiger partial charge in [0.1, 0.15) is 5.82 Å². The topological polar surface area (TPSA) is 76.8 Å². The number of nitrogens with one attached hydrogen (secondary N) is 1. The van der Waals surface area contributed by atoms with Crippen LogP contribution in [0, 0.1) is 11.7 Å². The summed E-state index contributed by atoms with van der Waals surface area (Å²) >= 11 is 0. The summed E-state index contributed by atoms with van der Waals surface area (Å²) < 4.78 is 27.9. The molecule has 5 heterocycles. The highest BCUT2D eigenvalue weighted by Gasteiger charge is 2.27. The van der Waals surface area contributed by atoms with Crippen molar-refractivity contribution in [3.8, 4) is 11.6 Å². The Morgan fingerprint density at radius 2 is 2.12 bits per heavy atom. The Morgan fingerprint density at radius 3 is 2.97 bits per heavy atom. The van der Waals surface area contributed by atoms with E-state index in [1.807, 2.05) is 6.20 Å². The Hall–Kier alpha value is -3.36. The van der Waals surface area contributed by atoms with Crippen LogP contribution >= 0.6 is 0 Å². The van der Waals surface area contributed by atoms with Crippen LogP contribution in [0.15, 0.2) is 31.2 Å². The van der Waals surface area contributed by atoms with Crippen LogP contribution in [0.2, 0.25) is 0 Å². The summed E-state index contributed by atoms with van der Waals surface area (Å²) in [5.41, 5.74) is 2.62. The van der Waals surface area contributed by atoms with E-state index in [2.05, 4.69) is 47.6 Å². The van der Waals surface area contributed by atoms with Crippen molar-refractivity contribution in [2.75, 3.05) is 24.7 Å². The lowest BCUT2D eigenvalue weighted by Crippen LogP contribution is -2.39. The molecule has 3 aromatic rings. The minimum Gasteiger partial charge on any atom is -0.488 e. The molecule has 5 rings (SSSR count). The zero-order valence-electron chi connectivity index (χ0n) is 18.6. The lowest BCUT2D eigenvalue weighted by molar-refractivity contribution is 0.251. The molecule has 1 N–H and O–H groups in total. The van der Waals surface area contributed by atoms with Crippen LogP contribution in [0.1, 0.15) is 38.3 Å². The number of anilines is 1. The van der Waals surface area contributed by atoms with Crippen molar-refractivity contribution < 1.29 is 13.9 Å². The quantitative estimate of drug-likeness (QED) is 0.576. The Bertz CT molecular complexity index is 1190. The molecule has 0 unspecified atom stereocenters. The monoisotopic (exact) mass is 438 g/mol. The minimum absolute atomic E-state index is 0.248. The molecule has 0 saturated carbocycles. The zero-order valence-corrected chi connectivity index (χ0v) is 18.6. The maximum absolute atomic E-state index is 14.1. The summed E-state index contributed by atoms with van der Waals surface area (Å²) in [4.78, 5) is 11.3. The van der Waals surface area contributed by atoms with Gasteiger partial charge in [-0.05, 0) is 19.9 Å². The van der Waals surface area contributed by atoms with Crippen LogP contribution in [0.4, 0.5) is 10.2 Å². The van der Waals surface area contributed by atoms with E-state index in [-0.39, 0.29) is 11.5 Å². The van der Waals surface area contributed by atoms with E-state index in [1.165, 1.54) is 12.3 Å². The van der Waals surface area contributed by atoms with Crippen molar-refractivity contribution in [2.24, 2.45) is 5.92 Å². The summed E-state index contributed by atoms with van der Waals surface area (Å²) in [6.45, 7) is 12.6. The molecule has 2 bridgehead atoms. The summed E-state index contributed by atoms with van der Waals surface area (Å²) in [5.74, 6) is 1.60. The third-order valence-electron chi connectivity index (χ3n) is 5.83. The van der Waals surface area contributed by atoms with Crippen LogP contribution < -0.4 is 19.7 Å². The molecule has 2 aliphatic rings. The van der Waals surface area contributed by atoms with Gasteiger partial charge >= 0.3 is 0 Å². The molecule has 0 spiro atoms. The Labute approximate surface area is 186 Å². The molecule has 8 nitrogen and oxygen atoms in total. The predicted molar refractivity (Wildman–Crippen MR) is 119 cm³/mol. The van der Waals surface area contributed by atoms with Crippen molar-refractivity contribution in [3.05, 3.63) is 48.2 Å². The molecular formula is C23H27FN6O2. The standard InChI is InChI=1S/C23H27FN6O2/c1-14-10-29-11-16-7-17(24)8-25-22(16)31-6-5-23(3,4)28-15(2)18-9-26-30-12-19(32-13-14)21(29)27-20(18)30/h7-9,12,14,28H,2,5-6,10-11,13H2,1,3-4H3/t14-/m0/s1. The van der Waals surface area contributed by atoms with Gasteiger partial charge in [-0.2, -0.15) is 5.10 Å². The SMILES string of the molecule is C=C1NC(C)(C)CCOc2ncc(F)cc2CN2C[C@H](C)COc3cn4ncc1c4nc32. The Morgan fingerprint density at radius 1 is 1.28 bits per heavy atom. The Balaban J connectivity index is 1.68. The molecule has 0 aromatic carbocycles. The van der Waals surface area contributed by atoms with Gasteiger partial charge in [-0.3, -0.25) is 0 Å². The molecule has 0 radical (unpaired) electrons. The summed E-state index contributed by atoms with van der Waals surface area (Å²) in [6, 6.07) is 1.48. The van der Waals surface area contributed by atoms with Crippen molar-refractivity contribution in [2.45, 2.75) is 39.3 Å². The van der Waals surface area contributed by atoms with Crippen molar-refractivity contribution in [3.63, 3.8) is 0 Å². The number of halogens is 1. The van der Waals surface area contributed by atoms with Crippen LogP contribution in [0.3, 0.4) is 0 Å². The summed E-state index contributed by atoms with van der Waals surface area (Å²) in [7, 11) is 0. The summed E-state index contributed by atoms with van der Waals surface area (Å²) in [5, 5.41) is 7.95. The molecule has 3 aromatic heterocycles. The fourth-order valence-electron chi connectivity index (χ4n) is 4.17. The molecule has 168 valence electrons. The molecule has 9 heteroatoms. The first-order chi connectivity index (χ1) is 15.3. The van der Waals surface area contributed by atoms with Gasteiger partial charge in [0, 0.05) is 42.2 Å². The second kappa shape index (κ2) is 7.65. The fourth-order valence-corrected chi connectivity index (χ4v) is 4.17. The number of nitrogens with zero attached hydrogens (tertiary/aromatic N) is 5. The number of ether oxygens (including phenoxy) is 2. The maximum Gasteiger partial charge on any atom is 0.218 e. The van der Waals surface area contributed by atoms with Gasteiger partial charge in [0.05, 0.1) is 37.4 Å². The molecule has 0 fully saturated rings. The number of fused-ring (bicyclic) bond motifs is 1. The van der Waals surface area contributed by atoms with Crippen LogP contribution in [-0.2, 0) is 6.54 Å². The highest BCUT2D eigenvalue weighted by Crippen LogP contribution is 2.34. The first kappa shape index (κ1) is 20.5. The lowest BCUT2D eigenvalue weighted by Gasteiger charge is -2.29. The number of rotatable bonds is 0. The van der Waals surface area contributed by atoms with Gasteiger partial charge in [-0.25, -0.2) is 18.9 Å². The molecule has 0 aliphatic carbocycles. The molecule has 1 atom stereocenters. The molecule has 0 saturated heterocycles. The van der Waals surface area contributed by atoms with Crippen LogP contribution in [0.25, 0.3) is 11.3 Å². The van der Waals surface area contributed by atoms with E-state index < -0.39 is 5.82 Å². The van der Waals surface area contributed by atoms with E-state index >= 15 is 0 Å². The Kier molecular flexibility index (Phi) is 4.91. The van der Waals surface area contributed by atoms with E-state index in [9.17, 15) is 4.39 Å². The van der Waals surface area contributed by atoms with Gasteiger partial charge in [-0.1, -0.05) is 13.5 Å². The van der Waals surface area contributed by atoms with Gasteiger partial charge < -0.3 is 19.7 Å². The second-order valence-corrected chi connectivity index (χ2v) is 9.26. The molecule has 2 aliphatic heterocycles. The normalized spacial score (nSPS) is 20.6. The lowest BCUT2D eigenvalue weighted by atomic mass is 10.00. The summed E-state index contributed by atoms with van der Waals surface area (Å²) in [6.07, 6.45) is 5.49. The third-order valence-corrected chi connectivity index (χ3v) is 5.83. The van der Waals surface area contributed by atoms with E-state index in [1.54, 1.807) is 10.7 Å². The van der Waals surface area contributed by atoms with Gasteiger partial charge in [-0.15, -0.1) is 0 Å². The van der Waals surface area contributed by atoms with Crippen LogP contribution in [0.5, 0.6) is 11.6 Å². The molecule has 32 heavy (non-hydrogen) atoms. The largest absolute Gasteiger partial charge is 0.488 e. The van der Waals surface area contributed by atoms with Crippen LogP contribution in [-0.4, -0.2) is 44.9 Å². The first-order valence-corrected chi connectivity index (χ1v) is 10.8. The second-order valence-electron chi connectivity index (χ2n) is 9.26. The molecular weight excluding hydrogens is 411 g/mol. The molecule has 0 amide bonds. The van der Waals surface area contributed by atoms with Gasteiger partial charge in [0.15, 0.2) is 17.2 Å². The number of hydrogen-bond acceptors (Lipinski definition) is 7. The van der Waals surface area contributed by atoms with E-state index in [0.29, 0.717) is 61.4 Å². The first-order valence-electron chi connectivity index (χ1n) is 10.8. The average molecular weight is 439 g/mol. The van der Waals surface area contributed by atoms with Crippen molar-refractivity contribution in [1.82, 2.24) is 24.9 Å². The fraction of sp³-hybridized carbons (Fsp3) is 0.435. The highest BCUT2D eigenvalue weighted by molar-refractivity contribution is 5.75. The number of pyridine rings is 1. The zero-order chi connectivity index (χ0) is 22.5. The van der Waals surface area contributed by atoms with Crippen molar-refractivity contribution >= 4 is 17.2 Å². The van der Waals surface area contributed by atoms with Gasteiger partial charge in [0.2, 0.25) is 5.88 Å². The predicted octanol–water partition coefficient (Wildman–Crippen LogP) is 3.42. The number of hydrogen-bond donors (Lipinski definition) is 1. The van der Waals surface area contributed by atoms with Crippen molar-refractivity contribution in [1.29, 1.82) is 0 Å². The van der Waals surface area contributed by atoms with E-state index in [0.717, 1.165) is 11.3 Å². The highest BCUT2D eigenvalue weighted by atomic mass is 19.1. The maximum atomic E-state index is 14.1. The third kappa shape index (κ3) is 3.83. The van der Waals surface area contributed by atoms with Gasteiger partial charge in [0.25, 0.3) is 0 Å².